The zero-order valence-corrected chi connectivity index (χ0v) is 12.2. The Morgan fingerprint density at radius 3 is 2.62 bits per heavy atom. The SMILES string of the molecule is Cc1nn(C)c(NC(C)Cc2ccc(F)cc2)c1C(=O)O. The number of carboxylic acids is 1. The summed E-state index contributed by atoms with van der Waals surface area (Å²) >= 11 is 0. The van der Waals surface area contributed by atoms with Crippen LogP contribution in [0.25, 0.3) is 0 Å². The quantitative estimate of drug-likeness (QED) is 0.888. The van der Waals surface area contributed by atoms with Gasteiger partial charge in [-0.05, 0) is 38.0 Å². The molecule has 2 N–H and O–H groups in total. The van der Waals surface area contributed by atoms with E-state index < -0.39 is 5.97 Å². The summed E-state index contributed by atoms with van der Waals surface area (Å²) in [6.07, 6.45) is 0.656. The van der Waals surface area contributed by atoms with Crippen molar-refractivity contribution in [2.45, 2.75) is 26.3 Å². The second-order valence-corrected chi connectivity index (χ2v) is 5.11. The molecule has 21 heavy (non-hydrogen) atoms. The van der Waals surface area contributed by atoms with E-state index in [1.54, 1.807) is 26.1 Å². The lowest BCUT2D eigenvalue weighted by Gasteiger charge is -2.16. The van der Waals surface area contributed by atoms with Crippen LogP contribution < -0.4 is 5.32 Å². The molecule has 0 aliphatic carbocycles. The Hall–Kier alpha value is -2.37. The lowest BCUT2D eigenvalue weighted by atomic mass is 10.1. The third kappa shape index (κ3) is 3.39. The molecule has 0 spiro atoms. The van der Waals surface area contributed by atoms with E-state index in [0.29, 0.717) is 17.9 Å². The summed E-state index contributed by atoms with van der Waals surface area (Å²) in [7, 11) is 1.70. The third-order valence-corrected chi connectivity index (χ3v) is 3.27. The number of benzene rings is 1. The summed E-state index contributed by atoms with van der Waals surface area (Å²) in [5, 5.41) is 16.6. The van der Waals surface area contributed by atoms with Crippen LogP contribution in [0.3, 0.4) is 0 Å². The van der Waals surface area contributed by atoms with Crippen LogP contribution in [0.15, 0.2) is 24.3 Å². The second-order valence-electron chi connectivity index (χ2n) is 5.11. The Labute approximate surface area is 122 Å². The van der Waals surface area contributed by atoms with Gasteiger partial charge in [-0.25, -0.2) is 9.18 Å². The van der Waals surface area contributed by atoms with E-state index in [9.17, 15) is 14.3 Å². The first-order chi connectivity index (χ1) is 9.88. The first kappa shape index (κ1) is 15.0. The van der Waals surface area contributed by atoms with Gasteiger partial charge in [0.05, 0.1) is 5.69 Å². The zero-order valence-electron chi connectivity index (χ0n) is 12.2. The number of hydrogen-bond donors (Lipinski definition) is 2. The van der Waals surface area contributed by atoms with E-state index in [4.69, 9.17) is 0 Å². The van der Waals surface area contributed by atoms with E-state index in [-0.39, 0.29) is 17.4 Å². The minimum Gasteiger partial charge on any atom is -0.477 e. The number of nitrogens with one attached hydrogen (secondary N) is 1. The van der Waals surface area contributed by atoms with Crippen LogP contribution in [0.4, 0.5) is 10.2 Å². The van der Waals surface area contributed by atoms with Gasteiger partial charge in [0.15, 0.2) is 0 Å². The molecule has 6 heteroatoms. The van der Waals surface area contributed by atoms with Crippen molar-refractivity contribution in [2.24, 2.45) is 7.05 Å². The van der Waals surface area contributed by atoms with E-state index in [0.717, 1.165) is 5.56 Å². The van der Waals surface area contributed by atoms with Crippen LogP contribution in [-0.2, 0) is 13.5 Å². The predicted octanol–water partition coefficient (Wildman–Crippen LogP) is 2.61. The highest BCUT2D eigenvalue weighted by atomic mass is 19.1. The number of aromatic nitrogens is 2. The van der Waals surface area contributed by atoms with Gasteiger partial charge in [-0.2, -0.15) is 5.10 Å². The number of nitrogens with zero attached hydrogens (tertiary/aromatic N) is 2. The lowest BCUT2D eigenvalue weighted by molar-refractivity contribution is 0.0697. The predicted molar refractivity (Wildman–Crippen MR) is 78.1 cm³/mol. The van der Waals surface area contributed by atoms with Gasteiger partial charge in [0.2, 0.25) is 0 Å². The van der Waals surface area contributed by atoms with E-state index in [1.807, 2.05) is 6.92 Å². The molecule has 2 aromatic rings. The van der Waals surface area contributed by atoms with Crippen LogP contribution in [0.2, 0.25) is 0 Å². The third-order valence-electron chi connectivity index (χ3n) is 3.27. The number of carbonyl (C=O) groups is 1. The van der Waals surface area contributed by atoms with Gasteiger partial charge < -0.3 is 10.4 Å². The van der Waals surface area contributed by atoms with Crippen molar-refractivity contribution >= 4 is 11.8 Å². The van der Waals surface area contributed by atoms with Crippen molar-refractivity contribution in [3.63, 3.8) is 0 Å². The summed E-state index contributed by atoms with van der Waals surface area (Å²) in [6, 6.07) is 6.27. The topological polar surface area (TPSA) is 67.2 Å². The molecule has 1 aromatic heterocycles. The van der Waals surface area contributed by atoms with Crippen LogP contribution in [-0.4, -0.2) is 26.9 Å². The molecule has 112 valence electrons. The molecule has 1 aromatic carbocycles. The minimum atomic E-state index is -1.00. The Morgan fingerprint density at radius 2 is 2.05 bits per heavy atom. The number of anilines is 1. The summed E-state index contributed by atoms with van der Waals surface area (Å²) in [4.78, 5) is 11.3. The maximum atomic E-state index is 12.9. The molecule has 0 bridgehead atoms. The van der Waals surface area contributed by atoms with Crippen molar-refractivity contribution < 1.29 is 14.3 Å². The van der Waals surface area contributed by atoms with E-state index in [2.05, 4.69) is 10.4 Å². The zero-order chi connectivity index (χ0) is 15.6. The fraction of sp³-hybridized carbons (Fsp3) is 0.333. The fourth-order valence-electron chi connectivity index (χ4n) is 2.34. The van der Waals surface area contributed by atoms with E-state index >= 15 is 0 Å². The number of aromatic carboxylic acids is 1. The molecule has 0 fully saturated rings. The summed E-state index contributed by atoms with van der Waals surface area (Å²) in [5.41, 5.74) is 1.64. The molecule has 0 amide bonds. The van der Waals surface area contributed by atoms with Crippen LogP contribution in [0, 0.1) is 12.7 Å². The van der Waals surface area contributed by atoms with Crippen molar-refractivity contribution in [2.75, 3.05) is 5.32 Å². The average Bonchev–Trinajstić information content (AvgIpc) is 2.67. The highest BCUT2D eigenvalue weighted by molar-refractivity contribution is 5.94. The Morgan fingerprint density at radius 1 is 1.43 bits per heavy atom. The number of rotatable bonds is 5. The van der Waals surface area contributed by atoms with Crippen LogP contribution in [0.1, 0.15) is 28.5 Å². The number of aryl methyl sites for hydroxylation is 2. The Bertz CT molecular complexity index is 650. The van der Waals surface area contributed by atoms with Crippen molar-refractivity contribution in [3.05, 3.63) is 46.9 Å². The summed E-state index contributed by atoms with van der Waals surface area (Å²) in [5.74, 6) is -0.790. The molecule has 0 radical (unpaired) electrons. The molecule has 2 rings (SSSR count). The highest BCUT2D eigenvalue weighted by Gasteiger charge is 2.20. The number of hydrogen-bond acceptors (Lipinski definition) is 3. The van der Waals surface area contributed by atoms with Crippen molar-refractivity contribution in [1.29, 1.82) is 0 Å². The standard InChI is InChI=1S/C15H18FN3O2/c1-9(8-11-4-6-12(16)7-5-11)17-14-13(15(20)21)10(2)18-19(14)3/h4-7,9,17H,8H2,1-3H3,(H,20,21). The molecule has 1 unspecified atom stereocenters. The number of carboxylic acid groups (broad SMARTS) is 1. The number of halogens is 1. The van der Waals surface area contributed by atoms with Gasteiger partial charge in [0, 0.05) is 13.1 Å². The normalized spacial score (nSPS) is 12.2. The Kier molecular flexibility index (Phi) is 4.26. The largest absolute Gasteiger partial charge is 0.477 e. The first-order valence-electron chi connectivity index (χ1n) is 6.66. The summed E-state index contributed by atoms with van der Waals surface area (Å²) in [6.45, 7) is 3.61. The Balaban J connectivity index is 2.14. The minimum absolute atomic E-state index is 0.0108. The van der Waals surface area contributed by atoms with Crippen molar-refractivity contribution in [1.82, 2.24) is 9.78 Å². The molecular formula is C15H18FN3O2. The molecule has 0 saturated carbocycles. The second kappa shape index (κ2) is 5.95. The van der Waals surface area contributed by atoms with Crippen LogP contribution >= 0.6 is 0 Å². The smallest absolute Gasteiger partial charge is 0.341 e. The monoisotopic (exact) mass is 291 g/mol. The van der Waals surface area contributed by atoms with Gasteiger partial charge in [-0.3, -0.25) is 4.68 Å². The highest BCUT2D eigenvalue weighted by Crippen LogP contribution is 2.20. The molecule has 0 aliphatic rings. The van der Waals surface area contributed by atoms with Gasteiger partial charge >= 0.3 is 5.97 Å². The van der Waals surface area contributed by atoms with Gasteiger partial charge in [0.25, 0.3) is 0 Å². The maximum Gasteiger partial charge on any atom is 0.341 e. The lowest BCUT2D eigenvalue weighted by Crippen LogP contribution is -2.21. The molecule has 0 aliphatic heterocycles. The van der Waals surface area contributed by atoms with Gasteiger partial charge in [0.1, 0.15) is 17.2 Å². The van der Waals surface area contributed by atoms with Gasteiger partial charge in [-0.1, -0.05) is 12.1 Å². The first-order valence-corrected chi connectivity index (χ1v) is 6.66. The van der Waals surface area contributed by atoms with E-state index in [1.165, 1.54) is 16.8 Å². The van der Waals surface area contributed by atoms with Crippen molar-refractivity contribution in [3.8, 4) is 0 Å². The molecule has 1 atom stereocenters. The average molecular weight is 291 g/mol. The van der Waals surface area contributed by atoms with Gasteiger partial charge in [-0.15, -0.1) is 0 Å². The molecule has 5 nitrogen and oxygen atoms in total. The summed E-state index contributed by atoms with van der Waals surface area (Å²) < 4.78 is 14.4. The molecule has 0 saturated heterocycles. The van der Waals surface area contributed by atoms with Crippen LogP contribution in [0.5, 0.6) is 0 Å². The molecular weight excluding hydrogens is 273 g/mol. The maximum absolute atomic E-state index is 12.9. The molecule has 1 heterocycles. The fourth-order valence-corrected chi connectivity index (χ4v) is 2.34.